The minimum absolute atomic E-state index is 0.0241. The van der Waals surface area contributed by atoms with Crippen molar-refractivity contribution in [3.8, 4) is 0 Å². The molecular weight excluding hydrogens is 230 g/mol. The van der Waals surface area contributed by atoms with Gasteiger partial charge in [-0.3, -0.25) is 9.59 Å². The van der Waals surface area contributed by atoms with Gasteiger partial charge in [0.05, 0.1) is 6.61 Å². The molecule has 0 saturated carbocycles. The van der Waals surface area contributed by atoms with E-state index >= 15 is 0 Å². The second-order valence-electron chi connectivity index (χ2n) is 4.40. The molecule has 0 bridgehead atoms. The molecule has 98 valence electrons. The number of nitrogens with zero attached hydrogens (tertiary/aromatic N) is 1. The molecule has 1 aromatic rings. The topological polar surface area (TPSA) is 46.6 Å². The fourth-order valence-corrected chi connectivity index (χ4v) is 1.61. The van der Waals surface area contributed by atoms with Crippen molar-refractivity contribution in [1.82, 2.24) is 4.90 Å². The summed E-state index contributed by atoms with van der Waals surface area (Å²) in [5.74, 6) is -0.394. The summed E-state index contributed by atoms with van der Waals surface area (Å²) in [5.41, 5.74) is 1.01. The van der Waals surface area contributed by atoms with Gasteiger partial charge < -0.3 is 9.64 Å². The third-order valence-electron chi connectivity index (χ3n) is 2.68. The van der Waals surface area contributed by atoms with Gasteiger partial charge in [0.1, 0.15) is 0 Å². The highest BCUT2D eigenvalue weighted by molar-refractivity contribution is 5.76. The summed E-state index contributed by atoms with van der Waals surface area (Å²) < 4.78 is 5.03. The first-order valence-corrected chi connectivity index (χ1v) is 5.89. The molecule has 4 nitrogen and oxygen atoms in total. The second-order valence-corrected chi connectivity index (χ2v) is 4.40. The van der Waals surface area contributed by atoms with Gasteiger partial charge in [0.25, 0.3) is 0 Å². The van der Waals surface area contributed by atoms with Crippen molar-refractivity contribution in [3.63, 3.8) is 0 Å². The summed E-state index contributed by atoms with van der Waals surface area (Å²) >= 11 is 0. The van der Waals surface area contributed by atoms with E-state index in [1.807, 2.05) is 30.3 Å². The van der Waals surface area contributed by atoms with Gasteiger partial charge in [-0.2, -0.15) is 0 Å². The molecule has 4 heteroatoms. The molecule has 0 aromatic heterocycles. The first-order valence-electron chi connectivity index (χ1n) is 5.89. The average molecular weight is 249 g/mol. The zero-order valence-corrected chi connectivity index (χ0v) is 11.1. The maximum atomic E-state index is 11.8. The minimum Gasteiger partial charge on any atom is -0.465 e. The highest BCUT2D eigenvalue weighted by atomic mass is 16.5. The van der Waals surface area contributed by atoms with Crippen LogP contribution >= 0.6 is 0 Å². The number of benzene rings is 1. The molecular formula is C14H19NO3. The SMILES string of the molecule is CC(=O)OC[C@@H](CC(=O)N(C)C)c1ccccc1. The number of rotatable bonds is 5. The van der Waals surface area contributed by atoms with Crippen molar-refractivity contribution < 1.29 is 14.3 Å². The average Bonchev–Trinajstić information content (AvgIpc) is 2.34. The van der Waals surface area contributed by atoms with Crippen LogP contribution in [0.15, 0.2) is 30.3 Å². The highest BCUT2D eigenvalue weighted by Crippen LogP contribution is 2.20. The van der Waals surface area contributed by atoms with Gasteiger partial charge in [0.15, 0.2) is 0 Å². The molecule has 1 rings (SSSR count). The quantitative estimate of drug-likeness (QED) is 0.748. The van der Waals surface area contributed by atoms with Gasteiger partial charge in [0, 0.05) is 33.4 Å². The van der Waals surface area contributed by atoms with Crippen LogP contribution in [0.2, 0.25) is 0 Å². The number of hydrogen-bond donors (Lipinski definition) is 0. The van der Waals surface area contributed by atoms with E-state index in [9.17, 15) is 9.59 Å². The van der Waals surface area contributed by atoms with Gasteiger partial charge in [-0.15, -0.1) is 0 Å². The minimum atomic E-state index is -0.326. The molecule has 0 radical (unpaired) electrons. The van der Waals surface area contributed by atoms with Gasteiger partial charge >= 0.3 is 5.97 Å². The van der Waals surface area contributed by atoms with Crippen molar-refractivity contribution in [2.75, 3.05) is 20.7 Å². The predicted molar refractivity (Wildman–Crippen MR) is 69.1 cm³/mol. The molecule has 1 atom stereocenters. The molecule has 0 fully saturated rings. The summed E-state index contributed by atoms with van der Waals surface area (Å²) in [6.45, 7) is 1.61. The monoisotopic (exact) mass is 249 g/mol. The number of carbonyl (C=O) groups is 2. The number of amides is 1. The molecule has 0 heterocycles. The zero-order valence-electron chi connectivity index (χ0n) is 11.1. The fraction of sp³-hybridized carbons (Fsp3) is 0.429. The Morgan fingerprint density at radius 1 is 1.22 bits per heavy atom. The molecule has 0 N–H and O–H groups in total. The van der Waals surface area contributed by atoms with Crippen LogP contribution in [0.3, 0.4) is 0 Å². The van der Waals surface area contributed by atoms with Crippen LogP contribution in [0.1, 0.15) is 24.8 Å². The van der Waals surface area contributed by atoms with Crippen LogP contribution in [-0.4, -0.2) is 37.5 Å². The summed E-state index contributed by atoms with van der Waals surface area (Å²) in [4.78, 5) is 24.2. The van der Waals surface area contributed by atoms with Crippen LogP contribution < -0.4 is 0 Å². The maximum Gasteiger partial charge on any atom is 0.302 e. The number of carbonyl (C=O) groups excluding carboxylic acids is 2. The summed E-state index contributed by atoms with van der Waals surface area (Å²) in [5, 5.41) is 0. The lowest BCUT2D eigenvalue weighted by Gasteiger charge is -2.19. The Labute approximate surface area is 108 Å². The summed E-state index contributed by atoms with van der Waals surface area (Å²) in [7, 11) is 3.44. The first-order chi connectivity index (χ1) is 8.50. The molecule has 0 saturated heterocycles. The third-order valence-corrected chi connectivity index (χ3v) is 2.68. The molecule has 1 amide bonds. The van der Waals surface area contributed by atoms with Crippen molar-refractivity contribution in [3.05, 3.63) is 35.9 Å². The van der Waals surface area contributed by atoms with Crippen LogP contribution in [0.25, 0.3) is 0 Å². The molecule has 0 aliphatic heterocycles. The first kappa shape index (κ1) is 14.2. The van der Waals surface area contributed by atoms with E-state index in [-0.39, 0.29) is 24.4 Å². The Kier molecular flexibility index (Phi) is 5.36. The largest absolute Gasteiger partial charge is 0.465 e. The lowest BCUT2D eigenvalue weighted by atomic mass is 9.96. The zero-order chi connectivity index (χ0) is 13.5. The molecule has 0 aliphatic carbocycles. The Hall–Kier alpha value is -1.84. The lowest BCUT2D eigenvalue weighted by Crippen LogP contribution is -2.25. The van der Waals surface area contributed by atoms with Crippen LogP contribution in [0.5, 0.6) is 0 Å². The molecule has 18 heavy (non-hydrogen) atoms. The van der Waals surface area contributed by atoms with Crippen molar-refractivity contribution in [2.45, 2.75) is 19.3 Å². The van der Waals surface area contributed by atoms with Crippen LogP contribution in [-0.2, 0) is 14.3 Å². The maximum absolute atomic E-state index is 11.8. The third kappa shape index (κ3) is 4.57. The van der Waals surface area contributed by atoms with E-state index in [4.69, 9.17) is 4.74 Å². The standard InChI is InChI=1S/C14H19NO3/c1-11(16)18-10-13(9-14(17)15(2)3)12-7-5-4-6-8-12/h4-8,13H,9-10H2,1-3H3/t13-/m1/s1. The predicted octanol–water partition coefficient (Wildman–Crippen LogP) is 1.81. The van der Waals surface area contributed by atoms with E-state index in [1.54, 1.807) is 19.0 Å². The van der Waals surface area contributed by atoms with Crippen molar-refractivity contribution in [1.29, 1.82) is 0 Å². The summed E-state index contributed by atoms with van der Waals surface area (Å²) in [6, 6.07) is 9.63. The number of esters is 1. The lowest BCUT2D eigenvalue weighted by molar-refractivity contribution is -0.142. The van der Waals surface area contributed by atoms with E-state index in [2.05, 4.69) is 0 Å². The summed E-state index contributed by atoms with van der Waals surface area (Å²) in [6.07, 6.45) is 0.338. The molecule has 0 spiro atoms. The molecule has 0 unspecified atom stereocenters. The highest BCUT2D eigenvalue weighted by Gasteiger charge is 2.18. The normalized spacial score (nSPS) is 11.7. The van der Waals surface area contributed by atoms with Gasteiger partial charge in [-0.25, -0.2) is 0 Å². The van der Waals surface area contributed by atoms with Crippen molar-refractivity contribution >= 4 is 11.9 Å². The Balaban J connectivity index is 2.75. The fourth-order valence-electron chi connectivity index (χ4n) is 1.61. The molecule has 1 aromatic carbocycles. The van der Waals surface area contributed by atoms with Gasteiger partial charge in [-0.1, -0.05) is 30.3 Å². The number of hydrogen-bond acceptors (Lipinski definition) is 3. The van der Waals surface area contributed by atoms with Crippen molar-refractivity contribution in [2.24, 2.45) is 0 Å². The smallest absolute Gasteiger partial charge is 0.302 e. The number of ether oxygens (including phenoxy) is 1. The van der Waals surface area contributed by atoms with Crippen LogP contribution in [0.4, 0.5) is 0 Å². The van der Waals surface area contributed by atoms with Crippen LogP contribution in [0, 0.1) is 0 Å². The van der Waals surface area contributed by atoms with E-state index in [0.717, 1.165) is 5.56 Å². The Bertz CT molecular complexity index is 401. The van der Waals surface area contributed by atoms with E-state index < -0.39 is 0 Å². The van der Waals surface area contributed by atoms with E-state index in [0.29, 0.717) is 6.42 Å². The second kappa shape index (κ2) is 6.79. The van der Waals surface area contributed by atoms with Gasteiger partial charge in [0.2, 0.25) is 5.91 Å². The Morgan fingerprint density at radius 2 is 1.83 bits per heavy atom. The molecule has 0 aliphatic rings. The Morgan fingerprint density at radius 3 is 2.33 bits per heavy atom. The van der Waals surface area contributed by atoms with E-state index in [1.165, 1.54) is 6.92 Å². The van der Waals surface area contributed by atoms with Gasteiger partial charge in [-0.05, 0) is 5.56 Å².